The van der Waals surface area contributed by atoms with Crippen LogP contribution in [0.5, 0.6) is 5.88 Å². The number of carboxylic acid groups (broad SMARTS) is 1. The molecule has 2 aromatic carbocycles. The SMILES string of the molecule is COc1nc(Cl)ncc1-c1ccc(C(=O)N2[C@@H](c3ccccc3Cl)CC[C@H]2C(=O)O)cc1. The Morgan fingerprint density at radius 1 is 1.09 bits per heavy atom. The van der Waals surface area contributed by atoms with Gasteiger partial charge >= 0.3 is 5.97 Å². The zero-order valence-electron chi connectivity index (χ0n) is 17.0. The molecular weight excluding hydrogens is 453 g/mol. The smallest absolute Gasteiger partial charge is 0.326 e. The number of rotatable bonds is 5. The zero-order valence-corrected chi connectivity index (χ0v) is 18.5. The van der Waals surface area contributed by atoms with E-state index in [-0.39, 0.29) is 11.2 Å². The molecule has 0 aliphatic carbocycles. The van der Waals surface area contributed by atoms with Gasteiger partial charge in [0.05, 0.1) is 18.7 Å². The second kappa shape index (κ2) is 9.14. The van der Waals surface area contributed by atoms with Crippen LogP contribution in [0.25, 0.3) is 11.1 Å². The second-order valence-electron chi connectivity index (χ2n) is 7.32. The molecule has 7 nitrogen and oxygen atoms in total. The van der Waals surface area contributed by atoms with E-state index < -0.39 is 18.1 Å². The van der Waals surface area contributed by atoms with Crippen LogP contribution in [0.1, 0.15) is 34.8 Å². The molecule has 1 saturated heterocycles. The van der Waals surface area contributed by atoms with Gasteiger partial charge in [-0.05, 0) is 53.8 Å². The number of hydrogen-bond donors (Lipinski definition) is 1. The van der Waals surface area contributed by atoms with E-state index in [1.54, 1.807) is 42.6 Å². The third kappa shape index (κ3) is 4.13. The zero-order chi connectivity index (χ0) is 22.8. The molecule has 0 spiro atoms. The van der Waals surface area contributed by atoms with E-state index in [2.05, 4.69) is 9.97 Å². The summed E-state index contributed by atoms with van der Waals surface area (Å²) in [4.78, 5) is 34.8. The monoisotopic (exact) mass is 471 g/mol. The summed E-state index contributed by atoms with van der Waals surface area (Å²) in [6, 6.07) is 12.6. The summed E-state index contributed by atoms with van der Waals surface area (Å²) in [6.07, 6.45) is 2.41. The van der Waals surface area contributed by atoms with Crippen LogP contribution in [-0.2, 0) is 4.79 Å². The highest BCUT2D eigenvalue weighted by Gasteiger charge is 2.42. The Kier molecular flexibility index (Phi) is 6.30. The van der Waals surface area contributed by atoms with E-state index in [1.165, 1.54) is 12.0 Å². The molecule has 9 heteroatoms. The quantitative estimate of drug-likeness (QED) is 0.532. The van der Waals surface area contributed by atoms with Crippen LogP contribution >= 0.6 is 23.2 Å². The molecule has 0 unspecified atom stereocenters. The Morgan fingerprint density at radius 3 is 2.47 bits per heavy atom. The maximum atomic E-state index is 13.4. The number of ether oxygens (including phenoxy) is 1. The Hall–Kier alpha value is -3.16. The fraction of sp³-hybridized carbons (Fsp3) is 0.217. The Bertz CT molecular complexity index is 1170. The van der Waals surface area contributed by atoms with Crippen molar-refractivity contribution in [3.63, 3.8) is 0 Å². The maximum absolute atomic E-state index is 13.4. The first-order chi connectivity index (χ1) is 15.4. The number of carboxylic acids is 1. The summed E-state index contributed by atoms with van der Waals surface area (Å²) in [5.41, 5.74) is 2.46. The van der Waals surface area contributed by atoms with Gasteiger partial charge in [0.2, 0.25) is 11.2 Å². The first-order valence-electron chi connectivity index (χ1n) is 9.87. The molecule has 1 amide bonds. The van der Waals surface area contributed by atoms with E-state index >= 15 is 0 Å². The van der Waals surface area contributed by atoms with Crippen LogP contribution in [0.15, 0.2) is 54.7 Å². The van der Waals surface area contributed by atoms with Gasteiger partial charge in [-0.3, -0.25) is 4.79 Å². The number of halogens is 2. The molecule has 1 aromatic heterocycles. The molecule has 0 radical (unpaired) electrons. The van der Waals surface area contributed by atoms with E-state index in [1.807, 2.05) is 12.1 Å². The van der Waals surface area contributed by atoms with Crippen molar-refractivity contribution < 1.29 is 19.4 Å². The lowest BCUT2D eigenvalue weighted by Gasteiger charge is -2.29. The number of aliphatic carboxylic acids is 1. The van der Waals surface area contributed by atoms with Crippen molar-refractivity contribution in [2.45, 2.75) is 24.9 Å². The van der Waals surface area contributed by atoms with Crippen LogP contribution in [0.4, 0.5) is 0 Å². The maximum Gasteiger partial charge on any atom is 0.326 e. The van der Waals surface area contributed by atoms with Crippen LogP contribution < -0.4 is 4.74 Å². The third-order valence-corrected chi connectivity index (χ3v) is 6.06. The average molecular weight is 472 g/mol. The minimum Gasteiger partial charge on any atom is -0.480 e. The minimum atomic E-state index is -1.03. The summed E-state index contributed by atoms with van der Waals surface area (Å²) in [7, 11) is 1.48. The largest absolute Gasteiger partial charge is 0.480 e. The molecule has 2 heterocycles. The summed E-state index contributed by atoms with van der Waals surface area (Å²) in [6.45, 7) is 0. The summed E-state index contributed by atoms with van der Waals surface area (Å²) in [5, 5.41) is 10.3. The summed E-state index contributed by atoms with van der Waals surface area (Å²) in [5.74, 6) is -1.09. The molecule has 0 saturated carbocycles. The number of hydrogen-bond acceptors (Lipinski definition) is 5. The minimum absolute atomic E-state index is 0.0664. The number of nitrogens with zero attached hydrogens (tertiary/aromatic N) is 3. The Balaban J connectivity index is 1.67. The van der Waals surface area contributed by atoms with E-state index in [0.29, 0.717) is 34.9 Å². The van der Waals surface area contributed by atoms with Gasteiger partial charge in [0, 0.05) is 16.8 Å². The number of benzene rings is 2. The van der Waals surface area contributed by atoms with Gasteiger partial charge in [-0.1, -0.05) is 41.9 Å². The molecule has 1 aliphatic heterocycles. The molecule has 164 valence electrons. The number of carbonyl (C=O) groups excluding carboxylic acids is 1. The van der Waals surface area contributed by atoms with Crippen molar-refractivity contribution in [3.8, 4) is 17.0 Å². The topological polar surface area (TPSA) is 92.6 Å². The van der Waals surface area contributed by atoms with Crippen LogP contribution in [-0.4, -0.2) is 45.0 Å². The molecule has 0 bridgehead atoms. The van der Waals surface area contributed by atoms with Gasteiger partial charge in [-0.15, -0.1) is 0 Å². The van der Waals surface area contributed by atoms with Gasteiger partial charge in [0.1, 0.15) is 6.04 Å². The van der Waals surface area contributed by atoms with Gasteiger partial charge in [-0.2, -0.15) is 4.98 Å². The van der Waals surface area contributed by atoms with Crippen molar-refractivity contribution in [1.82, 2.24) is 14.9 Å². The van der Waals surface area contributed by atoms with E-state index in [9.17, 15) is 14.7 Å². The van der Waals surface area contributed by atoms with Crippen molar-refractivity contribution in [3.05, 3.63) is 76.2 Å². The fourth-order valence-corrected chi connectivity index (χ4v) is 4.42. The molecule has 3 aromatic rings. The van der Waals surface area contributed by atoms with Crippen LogP contribution in [0.2, 0.25) is 10.3 Å². The van der Waals surface area contributed by atoms with Gasteiger partial charge in [-0.25, -0.2) is 9.78 Å². The Labute approximate surface area is 194 Å². The number of aromatic nitrogens is 2. The normalized spacial score (nSPS) is 17.9. The molecular formula is C23H19Cl2N3O4. The standard InChI is InChI=1S/C23H19Cl2N3O4/c1-32-20-16(12-26-23(25)27-20)13-6-8-14(9-7-13)21(29)28-18(10-11-19(28)22(30)31)15-4-2-3-5-17(15)24/h2-9,12,18-19H,10-11H2,1H3,(H,30,31)/t18-,19+/m1/s1. The molecule has 1 aliphatic rings. The first-order valence-corrected chi connectivity index (χ1v) is 10.6. The number of carbonyl (C=O) groups is 2. The summed E-state index contributed by atoms with van der Waals surface area (Å²) < 4.78 is 5.27. The Morgan fingerprint density at radius 2 is 1.81 bits per heavy atom. The van der Waals surface area contributed by atoms with Crippen molar-refractivity contribution in [2.75, 3.05) is 7.11 Å². The van der Waals surface area contributed by atoms with Crippen molar-refractivity contribution in [2.24, 2.45) is 0 Å². The molecule has 4 rings (SSSR count). The highest BCUT2D eigenvalue weighted by molar-refractivity contribution is 6.31. The van der Waals surface area contributed by atoms with E-state index in [0.717, 1.165) is 11.1 Å². The first kappa shape index (κ1) is 22.0. The average Bonchev–Trinajstić information content (AvgIpc) is 3.24. The lowest BCUT2D eigenvalue weighted by Crippen LogP contribution is -2.41. The van der Waals surface area contributed by atoms with Crippen molar-refractivity contribution in [1.29, 1.82) is 0 Å². The number of likely N-dealkylation sites (tertiary alicyclic amines) is 1. The second-order valence-corrected chi connectivity index (χ2v) is 8.07. The molecule has 1 N–H and O–H groups in total. The lowest BCUT2D eigenvalue weighted by atomic mass is 10.0. The summed E-state index contributed by atoms with van der Waals surface area (Å²) >= 11 is 12.2. The lowest BCUT2D eigenvalue weighted by molar-refractivity contribution is -0.141. The molecule has 32 heavy (non-hydrogen) atoms. The van der Waals surface area contributed by atoms with E-state index in [4.69, 9.17) is 27.9 Å². The highest BCUT2D eigenvalue weighted by Crippen LogP contribution is 2.40. The van der Waals surface area contributed by atoms with Crippen LogP contribution in [0.3, 0.4) is 0 Å². The van der Waals surface area contributed by atoms with Gasteiger partial charge in [0.25, 0.3) is 5.91 Å². The van der Waals surface area contributed by atoms with Crippen molar-refractivity contribution >= 4 is 35.1 Å². The van der Waals surface area contributed by atoms with Gasteiger partial charge < -0.3 is 14.7 Å². The molecule has 2 atom stereocenters. The fourth-order valence-electron chi connectivity index (χ4n) is 4.03. The number of amides is 1. The predicted octanol–water partition coefficient (Wildman–Crippen LogP) is 4.89. The highest BCUT2D eigenvalue weighted by atomic mass is 35.5. The predicted molar refractivity (Wildman–Crippen MR) is 120 cm³/mol. The van der Waals surface area contributed by atoms with Crippen LogP contribution in [0, 0.1) is 0 Å². The molecule has 1 fully saturated rings. The van der Waals surface area contributed by atoms with Gasteiger partial charge in [0.15, 0.2) is 0 Å². The third-order valence-electron chi connectivity index (χ3n) is 5.53. The number of methoxy groups -OCH3 is 1.